The molecule has 4 heterocycles. The van der Waals surface area contributed by atoms with Crippen LogP contribution >= 0.6 is 0 Å². The molecule has 3 aromatic rings. The van der Waals surface area contributed by atoms with Crippen LogP contribution < -0.4 is 20.3 Å². The molecule has 1 fully saturated rings. The second-order valence-electron chi connectivity index (χ2n) is 11.8. The molecule has 11 nitrogen and oxygen atoms in total. The number of anilines is 2. The third kappa shape index (κ3) is 6.68. The summed E-state index contributed by atoms with van der Waals surface area (Å²) < 4.78 is 87.6. The third-order valence-electron chi connectivity index (χ3n) is 8.93. The maximum absolute atomic E-state index is 13.7. The van der Waals surface area contributed by atoms with Gasteiger partial charge in [-0.25, -0.2) is 19.7 Å². The summed E-state index contributed by atoms with van der Waals surface area (Å²) in [6, 6.07) is 4.26. The van der Waals surface area contributed by atoms with Gasteiger partial charge in [-0.15, -0.1) is 0 Å². The lowest BCUT2D eigenvalue weighted by atomic mass is 9.80. The van der Waals surface area contributed by atoms with E-state index < -0.39 is 59.5 Å². The number of aromatic nitrogens is 3. The van der Waals surface area contributed by atoms with Crippen molar-refractivity contribution in [3.8, 4) is 5.88 Å². The van der Waals surface area contributed by atoms with Crippen molar-refractivity contribution in [3.05, 3.63) is 70.4 Å². The summed E-state index contributed by atoms with van der Waals surface area (Å²) >= 11 is 0. The Morgan fingerprint density at radius 3 is 2.15 bits per heavy atom. The number of halogens is 6. The van der Waals surface area contributed by atoms with E-state index in [1.807, 2.05) is 0 Å². The number of methoxy groups -OCH3 is 1. The molecule has 2 atom stereocenters. The lowest BCUT2D eigenvalue weighted by molar-refractivity contribution is -0.144. The van der Waals surface area contributed by atoms with Gasteiger partial charge < -0.3 is 25.6 Å². The number of carboxylic acids is 1. The first kappa shape index (κ1) is 34.7. The molecule has 2 aliphatic rings. The van der Waals surface area contributed by atoms with Crippen molar-refractivity contribution in [1.82, 2.24) is 15.0 Å². The Labute approximate surface area is 270 Å². The number of carboxylic acid groups (broad SMARTS) is 2. The van der Waals surface area contributed by atoms with Crippen molar-refractivity contribution in [1.29, 1.82) is 0 Å². The fourth-order valence-corrected chi connectivity index (χ4v) is 6.36. The van der Waals surface area contributed by atoms with E-state index in [1.54, 1.807) is 11.8 Å². The number of ether oxygens (including phenoxy) is 1. The summed E-state index contributed by atoms with van der Waals surface area (Å²) in [5, 5.41) is 19.7. The van der Waals surface area contributed by atoms with Crippen LogP contribution in [0, 0.1) is 5.92 Å². The van der Waals surface area contributed by atoms with Gasteiger partial charge >= 0.3 is 24.4 Å². The summed E-state index contributed by atoms with van der Waals surface area (Å²) in [7, 11) is 1.38. The lowest BCUT2D eigenvalue weighted by Crippen LogP contribution is -2.64. The van der Waals surface area contributed by atoms with E-state index in [1.165, 1.54) is 25.4 Å². The Morgan fingerprint density at radius 1 is 1.00 bits per heavy atom. The molecule has 0 radical (unpaired) electrons. The fraction of sp³-hybridized carbons (Fsp3) is 0.452. The summed E-state index contributed by atoms with van der Waals surface area (Å²) in [5.41, 5.74) is 2.75. The molecule has 0 saturated carbocycles. The molecule has 4 N–H and O–H groups in total. The molecule has 5 rings (SSSR count). The van der Waals surface area contributed by atoms with Crippen molar-refractivity contribution >= 4 is 23.4 Å². The van der Waals surface area contributed by atoms with Crippen LogP contribution in [0.3, 0.4) is 0 Å². The predicted molar refractivity (Wildman–Crippen MR) is 159 cm³/mol. The van der Waals surface area contributed by atoms with Gasteiger partial charge in [0.1, 0.15) is 11.5 Å². The number of pyridine rings is 1. The van der Waals surface area contributed by atoms with E-state index in [4.69, 9.17) is 10.5 Å². The van der Waals surface area contributed by atoms with Gasteiger partial charge in [0, 0.05) is 32.0 Å². The number of carbonyl (C=O) groups is 2. The van der Waals surface area contributed by atoms with Gasteiger partial charge in [-0.3, -0.25) is 9.69 Å². The highest BCUT2D eigenvalue weighted by atomic mass is 19.4. The Hall–Kier alpha value is -4.67. The van der Waals surface area contributed by atoms with Crippen molar-refractivity contribution in [2.75, 3.05) is 30.0 Å². The van der Waals surface area contributed by atoms with E-state index in [9.17, 15) is 46.1 Å². The Kier molecular flexibility index (Phi) is 9.20. The predicted octanol–water partition coefficient (Wildman–Crippen LogP) is 5.70. The van der Waals surface area contributed by atoms with Crippen LogP contribution in [0.15, 0.2) is 36.5 Å². The largest absolute Gasteiger partial charge is 0.481 e. The number of hydrogen-bond acceptors (Lipinski definition) is 8. The van der Waals surface area contributed by atoms with Gasteiger partial charge in [-0.2, -0.15) is 26.3 Å². The van der Waals surface area contributed by atoms with Crippen molar-refractivity contribution in [2.45, 2.75) is 63.0 Å². The Bertz CT molecular complexity index is 1680. The number of fused-ring (bicyclic) bond motifs is 1. The zero-order valence-corrected chi connectivity index (χ0v) is 25.8. The summed E-state index contributed by atoms with van der Waals surface area (Å²) in [5.74, 6) is -2.36. The van der Waals surface area contributed by atoms with Crippen molar-refractivity contribution in [3.63, 3.8) is 0 Å². The molecule has 258 valence electrons. The average molecular weight is 683 g/mol. The van der Waals surface area contributed by atoms with Gasteiger partial charge in [-0.1, -0.05) is 6.92 Å². The molecule has 2 aliphatic heterocycles. The quantitative estimate of drug-likeness (QED) is 0.265. The number of amides is 1. The van der Waals surface area contributed by atoms with Crippen molar-refractivity contribution in [2.24, 2.45) is 11.7 Å². The summed E-state index contributed by atoms with van der Waals surface area (Å²) in [6.07, 6.45) is -10.1. The normalized spacial score (nSPS) is 20.4. The molecular weight excluding hydrogens is 650 g/mol. The third-order valence-corrected chi connectivity index (χ3v) is 8.93. The lowest BCUT2D eigenvalue weighted by Gasteiger charge is -2.47. The number of rotatable bonds is 7. The minimum Gasteiger partial charge on any atom is -0.481 e. The monoisotopic (exact) mass is 682 g/mol. The standard InChI is InChI=1S/C31H32F6N6O5/c1-3-29(38)20(14-22-23(43(29)28(46)47)4-5-25(40-22)48-2)26-39-15-24(42-8-6-17(7-9-42)27(44)45)21(41-26)12-16-10-18(30(32,33)34)13-19(11-16)31(35,36)37/h4-5,10-11,13,15,17,20H,3,6-9,12,14,38H2,1-2H3,(H,44,45)(H,46,47). The minimum absolute atomic E-state index is 0.00284. The van der Waals surface area contributed by atoms with E-state index in [2.05, 4.69) is 15.0 Å². The number of aliphatic carboxylic acids is 1. The highest BCUT2D eigenvalue weighted by Gasteiger charge is 2.50. The first-order valence-corrected chi connectivity index (χ1v) is 14.9. The molecule has 1 aromatic carbocycles. The molecule has 17 heteroatoms. The molecule has 0 aliphatic carbocycles. The summed E-state index contributed by atoms with van der Waals surface area (Å²) in [4.78, 5) is 40.4. The number of piperidine rings is 1. The van der Waals surface area contributed by atoms with Gasteiger partial charge in [0.05, 0.1) is 59.0 Å². The molecule has 48 heavy (non-hydrogen) atoms. The fourth-order valence-electron chi connectivity index (χ4n) is 6.36. The molecule has 2 unspecified atom stereocenters. The molecule has 1 amide bonds. The number of hydrogen-bond donors (Lipinski definition) is 3. The zero-order valence-electron chi connectivity index (χ0n) is 25.8. The number of nitrogens with zero attached hydrogens (tertiary/aromatic N) is 5. The van der Waals surface area contributed by atoms with Crippen LogP contribution in [0.1, 0.15) is 66.0 Å². The molecule has 2 aromatic heterocycles. The smallest absolute Gasteiger partial charge is 0.416 e. The van der Waals surface area contributed by atoms with Crippen LogP contribution in [0.25, 0.3) is 0 Å². The van der Waals surface area contributed by atoms with Gasteiger partial charge in [-0.05, 0) is 49.1 Å². The van der Waals surface area contributed by atoms with Crippen molar-refractivity contribution < 1.29 is 50.9 Å². The number of nitrogens with two attached hydrogens (primary N) is 1. The highest BCUT2D eigenvalue weighted by molar-refractivity contribution is 5.89. The zero-order chi connectivity index (χ0) is 35.2. The van der Waals surface area contributed by atoms with Crippen LogP contribution in [-0.4, -0.2) is 63.1 Å². The number of benzene rings is 1. The Morgan fingerprint density at radius 2 is 1.62 bits per heavy atom. The SMILES string of the molecule is CCC1(N)C(c2ncc(N3CCC(C(=O)O)CC3)c(Cc3cc(C(F)(F)F)cc(C(F)(F)F)c3)n2)Cc2nc(OC)ccc2N1C(=O)O. The molecule has 0 bridgehead atoms. The second-order valence-corrected chi connectivity index (χ2v) is 11.8. The minimum atomic E-state index is -5.07. The second kappa shape index (κ2) is 12.7. The average Bonchev–Trinajstić information content (AvgIpc) is 3.03. The van der Waals surface area contributed by atoms with Gasteiger partial charge in [0.25, 0.3) is 0 Å². The topological polar surface area (TPSA) is 155 Å². The van der Waals surface area contributed by atoms with Crippen LogP contribution in [-0.2, 0) is 30.0 Å². The van der Waals surface area contributed by atoms with E-state index in [-0.39, 0.29) is 73.5 Å². The first-order valence-electron chi connectivity index (χ1n) is 14.9. The van der Waals surface area contributed by atoms with Crippen LogP contribution in [0.2, 0.25) is 0 Å². The van der Waals surface area contributed by atoms with E-state index in [0.29, 0.717) is 23.5 Å². The maximum Gasteiger partial charge on any atom is 0.416 e. The highest BCUT2D eigenvalue weighted by Crippen LogP contribution is 2.44. The van der Waals surface area contributed by atoms with Gasteiger partial charge in [0.2, 0.25) is 5.88 Å². The summed E-state index contributed by atoms with van der Waals surface area (Å²) in [6.45, 7) is 2.09. The van der Waals surface area contributed by atoms with Crippen LogP contribution in [0.5, 0.6) is 5.88 Å². The van der Waals surface area contributed by atoms with Crippen LogP contribution in [0.4, 0.5) is 42.5 Å². The van der Waals surface area contributed by atoms with E-state index in [0.717, 1.165) is 4.90 Å². The molecule has 0 spiro atoms. The first-order chi connectivity index (χ1) is 22.5. The molecule has 1 saturated heterocycles. The van der Waals surface area contributed by atoms with E-state index >= 15 is 0 Å². The maximum atomic E-state index is 13.7. The molecular formula is C31H32F6N6O5. The number of alkyl halides is 6. The Balaban J connectivity index is 1.65. The van der Waals surface area contributed by atoms with Gasteiger partial charge in [0.15, 0.2) is 0 Å².